The van der Waals surface area contributed by atoms with Gasteiger partial charge in [0, 0.05) is 12.2 Å². The summed E-state index contributed by atoms with van der Waals surface area (Å²) in [6.45, 7) is 2.18. The third kappa shape index (κ3) is 3.08. The fraction of sp³-hybridized carbons (Fsp3) is 0.222. The molecule has 0 radical (unpaired) electrons. The van der Waals surface area contributed by atoms with Gasteiger partial charge in [0.25, 0.3) is 5.91 Å². The number of nitrogens with zero attached hydrogens (tertiary/aromatic N) is 1. The highest BCUT2D eigenvalue weighted by Gasteiger charge is 2.30. The average molecular weight is 330 g/mol. The van der Waals surface area contributed by atoms with E-state index in [2.05, 4.69) is 0 Å². The van der Waals surface area contributed by atoms with E-state index in [1.165, 1.54) is 0 Å². The number of hydrogen-bond donors (Lipinski definition) is 0. The molecule has 1 unspecified atom stereocenters. The zero-order valence-corrected chi connectivity index (χ0v) is 13.4. The van der Waals surface area contributed by atoms with Crippen LogP contribution in [0.1, 0.15) is 22.8 Å². The van der Waals surface area contributed by atoms with Gasteiger partial charge in [-0.25, -0.2) is 4.79 Å². The summed E-state index contributed by atoms with van der Waals surface area (Å²) in [4.78, 5) is 26.4. The van der Waals surface area contributed by atoms with Gasteiger partial charge in [0.05, 0.1) is 10.6 Å². The number of ether oxygens (including phenoxy) is 1. The first-order valence-corrected chi connectivity index (χ1v) is 7.80. The van der Waals surface area contributed by atoms with Crippen LogP contribution in [0.15, 0.2) is 48.5 Å². The number of esters is 1. The SMILES string of the molecule is CC(OC(=O)c1ccccc1Cl)C(=O)N1CCc2ccccc21. The van der Waals surface area contributed by atoms with Gasteiger partial charge in [0.1, 0.15) is 0 Å². The van der Waals surface area contributed by atoms with Gasteiger partial charge in [-0.2, -0.15) is 0 Å². The van der Waals surface area contributed by atoms with E-state index in [0.717, 1.165) is 17.7 Å². The number of carbonyl (C=O) groups is 2. The second kappa shape index (κ2) is 6.42. The lowest BCUT2D eigenvalue weighted by atomic mass is 10.2. The van der Waals surface area contributed by atoms with E-state index in [1.807, 2.05) is 24.3 Å². The Morgan fingerprint density at radius 2 is 1.83 bits per heavy atom. The van der Waals surface area contributed by atoms with Crippen molar-refractivity contribution < 1.29 is 14.3 Å². The number of benzene rings is 2. The Bertz CT molecular complexity index is 759. The first-order chi connectivity index (χ1) is 11.1. The van der Waals surface area contributed by atoms with Crippen molar-refractivity contribution in [2.24, 2.45) is 0 Å². The molecule has 2 aromatic carbocycles. The fourth-order valence-corrected chi connectivity index (χ4v) is 2.90. The van der Waals surface area contributed by atoms with Crippen molar-refractivity contribution in [1.29, 1.82) is 0 Å². The third-order valence-corrected chi connectivity index (χ3v) is 4.21. The van der Waals surface area contributed by atoms with E-state index in [-0.39, 0.29) is 11.5 Å². The van der Waals surface area contributed by atoms with Gasteiger partial charge in [0.2, 0.25) is 0 Å². The van der Waals surface area contributed by atoms with Crippen molar-refractivity contribution in [1.82, 2.24) is 0 Å². The highest BCUT2D eigenvalue weighted by atomic mass is 35.5. The lowest BCUT2D eigenvalue weighted by Crippen LogP contribution is -2.39. The van der Waals surface area contributed by atoms with Crippen LogP contribution in [0.5, 0.6) is 0 Å². The van der Waals surface area contributed by atoms with Crippen LogP contribution in [0.25, 0.3) is 0 Å². The molecule has 23 heavy (non-hydrogen) atoms. The van der Waals surface area contributed by atoms with Gasteiger partial charge in [-0.1, -0.05) is 41.9 Å². The number of hydrogen-bond acceptors (Lipinski definition) is 3. The summed E-state index contributed by atoms with van der Waals surface area (Å²) in [5.74, 6) is -0.820. The molecule has 5 heteroatoms. The molecule has 0 fully saturated rings. The van der Waals surface area contributed by atoms with Gasteiger partial charge >= 0.3 is 5.97 Å². The number of anilines is 1. The van der Waals surface area contributed by atoms with Crippen LogP contribution in [0.4, 0.5) is 5.69 Å². The molecule has 0 aliphatic carbocycles. The van der Waals surface area contributed by atoms with Crippen LogP contribution < -0.4 is 4.90 Å². The van der Waals surface area contributed by atoms with Gasteiger partial charge in [-0.05, 0) is 37.1 Å². The quantitative estimate of drug-likeness (QED) is 0.810. The molecule has 1 aliphatic heterocycles. The summed E-state index contributed by atoms with van der Waals surface area (Å²) in [6.07, 6.45) is -0.0578. The molecule has 2 aromatic rings. The Kier molecular flexibility index (Phi) is 4.35. The van der Waals surface area contributed by atoms with Crippen LogP contribution in [0, 0.1) is 0 Å². The van der Waals surface area contributed by atoms with Crippen molar-refractivity contribution >= 4 is 29.2 Å². The molecular formula is C18H16ClNO3. The predicted molar refractivity (Wildman–Crippen MR) is 88.8 cm³/mol. The minimum Gasteiger partial charge on any atom is -0.449 e. The number of para-hydroxylation sites is 1. The zero-order valence-electron chi connectivity index (χ0n) is 12.7. The predicted octanol–water partition coefficient (Wildman–Crippen LogP) is 3.47. The lowest BCUT2D eigenvalue weighted by Gasteiger charge is -2.21. The fourth-order valence-electron chi connectivity index (χ4n) is 2.69. The molecule has 0 bridgehead atoms. The number of rotatable bonds is 3. The van der Waals surface area contributed by atoms with Crippen LogP contribution in [-0.4, -0.2) is 24.5 Å². The Hall–Kier alpha value is -2.33. The van der Waals surface area contributed by atoms with Crippen molar-refractivity contribution in [2.45, 2.75) is 19.4 Å². The Morgan fingerprint density at radius 1 is 1.13 bits per heavy atom. The first-order valence-electron chi connectivity index (χ1n) is 7.42. The Labute approximate surface area is 139 Å². The molecule has 1 amide bonds. The first kappa shape index (κ1) is 15.6. The minimum atomic E-state index is -0.870. The lowest BCUT2D eigenvalue weighted by molar-refractivity contribution is -0.126. The molecule has 0 N–H and O–H groups in total. The molecule has 3 rings (SSSR count). The van der Waals surface area contributed by atoms with Crippen LogP contribution in [0.2, 0.25) is 5.02 Å². The molecule has 0 saturated heterocycles. The molecular weight excluding hydrogens is 314 g/mol. The topological polar surface area (TPSA) is 46.6 Å². The molecule has 4 nitrogen and oxygen atoms in total. The van der Waals surface area contributed by atoms with Crippen LogP contribution in [0.3, 0.4) is 0 Å². The van der Waals surface area contributed by atoms with Crippen LogP contribution >= 0.6 is 11.6 Å². The molecule has 0 spiro atoms. The monoisotopic (exact) mass is 329 g/mol. The normalized spacial score (nSPS) is 14.3. The molecule has 0 aromatic heterocycles. The maximum absolute atomic E-state index is 12.6. The number of amides is 1. The number of halogens is 1. The van der Waals surface area contributed by atoms with Crippen molar-refractivity contribution in [3.05, 3.63) is 64.7 Å². The van der Waals surface area contributed by atoms with E-state index in [0.29, 0.717) is 11.6 Å². The summed E-state index contributed by atoms with van der Waals surface area (Å²) >= 11 is 5.98. The maximum Gasteiger partial charge on any atom is 0.340 e. The zero-order chi connectivity index (χ0) is 16.4. The second-order valence-corrected chi connectivity index (χ2v) is 5.80. The summed E-state index contributed by atoms with van der Waals surface area (Å²) in [6, 6.07) is 14.4. The molecule has 0 saturated carbocycles. The average Bonchev–Trinajstić information content (AvgIpc) is 2.98. The van der Waals surface area contributed by atoms with Crippen molar-refractivity contribution in [3.8, 4) is 0 Å². The standard InChI is InChI=1S/C18H16ClNO3/c1-12(23-18(22)14-7-3-4-8-15(14)19)17(21)20-11-10-13-6-2-5-9-16(13)20/h2-9,12H,10-11H2,1H3. The van der Waals surface area contributed by atoms with Gasteiger partial charge in [-0.3, -0.25) is 4.79 Å². The summed E-state index contributed by atoms with van der Waals surface area (Å²) in [7, 11) is 0. The number of carbonyl (C=O) groups excluding carboxylic acids is 2. The van der Waals surface area contributed by atoms with Crippen molar-refractivity contribution in [3.63, 3.8) is 0 Å². The molecule has 1 heterocycles. The highest BCUT2D eigenvalue weighted by Crippen LogP contribution is 2.28. The van der Waals surface area contributed by atoms with Gasteiger partial charge in [-0.15, -0.1) is 0 Å². The van der Waals surface area contributed by atoms with E-state index in [1.54, 1.807) is 36.1 Å². The van der Waals surface area contributed by atoms with Crippen molar-refractivity contribution in [2.75, 3.05) is 11.4 Å². The van der Waals surface area contributed by atoms with E-state index >= 15 is 0 Å². The Morgan fingerprint density at radius 3 is 2.61 bits per heavy atom. The summed E-state index contributed by atoms with van der Waals surface area (Å²) < 4.78 is 5.29. The van der Waals surface area contributed by atoms with E-state index in [4.69, 9.17) is 16.3 Å². The summed E-state index contributed by atoms with van der Waals surface area (Å²) in [5, 5.41) is 0.309. The minimum absolute atomic E-state index is 0.227. The smallest absolute Gasteiger partial charge is 0.340 e. The highest BCUT2D eigenvalue weighted by molar-refractivity contribution is 6.33. The maximum atomic E-state index is 12.6. The van der Waals surface area contributed by atoms with Gasteiger partial charge < -0.3 is 9.64 Å². The molecule has 1 aliphatic rings. The number of fused-ring (bicyclic) bond motifs is 1. The van der Waals surface area contributed by atoms with E-state index in [9.17, 15) is 9.59 Å². The van der Waals surface area contributed by atoms with Gasteiger partial charge in [0.15, 0.2) is 6.10 Å². The molecule has 1 atom stereocenters. The largest absolute Gasteiger partial charge is 0.449 e. The summed E-state index contributed by atoms with van der Waals surface area (Å²) in [5.41, 5.74) is 2.28. The Balaban J connectivity index is 1.72. The third-order valence-electron chi connectivity index (χ3n) is 3.88. The van der Waals surface area contributed by atoms with Crippen LogP contribution in [-0.2, 0) is 16.0 Å². The van der Waals surface area contributed by atoms with E-state index < -0.39 is 12.1 Å². The second-order valence-electron chi connectivity index (χ2n) is 5.40. The molecule has 118 valence electrons.